The number of hydrogen-bond acceptors (Lipinski definition) is 0. The van der Waals surface area contributed by atoms with Crippen LogP contribution in [0.4, 0.5) is 0 Å². The predicted molar refractivity (Wildman–Crippen MR) is 45.9 cm³/mol. The number of alkyl halides is 2. The highest BCUT2D eigenvalue weighted by molar-refractivity contribution is 9.09. The van der Waals surface area contributed by atoms with Crippen LogP contribution in [0.1, 0.15) is 13.8 Å². The molecule has 0 aliphatic carbocycles. The molecular formula is C6H12Br2. The van der Waals surface area contributed by atoms with Crippen LogP contribution < -0.4 is 0 Å². The first kappa shape index (κ1) is 8.96. The molecule has 0 radical (unpaired) electrons. The Kier molecular flexibility index (Phi) is 5.38. The van der Waals surface area contributed by atoms with E-state index in [0.717, 1.165) is 22.5 Å². The average Bonchev–Trinajstić information content (AvgIpc) is 1.84. The number of hydrogen-bond donors (Lipinski definition) is 0. The Morgan fingerprint density at radius 1 is 1.00 bits per heavy atom. The van der Waals surface area contributed by atoms with Crippen molar-refractivity contribution >= 4 is 31.9 Å². The normalized spacial score (nSPS) is 18.0. The van der Waals surface area contributed by atoms with Gasteiger partial charge >= 0.3 is 0 Å². The molecular weight excluding hydrogens is 232 g/mol. The maximum atomic E-state index is 3.44. The molecule has 0 nitrogen and oxygen atoms in total. The zero-order valence-electron chi connectivity index (χ0n) is 5.32. The van der Waals surface area contributed by atoms with Crippen LogP contribution in [-0.2, 0) is 0 Å². The van der Waals surface area contributed by atoms with E-state index in [1.807, 2.05) is 0 Å². The van der Waals surface area contributed by atoms with Gasteiger partial charge in [0.2, 0.25) is 0 Å². The highest BCUT2D eigenvalue weighted by Crippen LogP contribution is 2.14. The molecule has 0 N–H and O–H groups in total. The van der Waals surface area contributed by atoms with Crippen LogP contribution in [0.2, 0.25) is 0 Å². The van der Waals surface area contributed by atoms with Crippen LogP contribution in [0, 0.1) is 11.8 Å². The molecule has 0 heterocycles. The molecule has 0 aromatic heterocycles. The average molecular weight is 244 g/mol. The minimum absolute atomic E-state index is 0.786. The summed E-state index contributed by atoms with van der Waals surface area (Å²) in [5.41, 5.74) is 0. The molecule has 0 rings (SSSR count). The second kappa shape index (κ2) is 4.80. The second-order valence-electron chi connectivity index (χ2n) is 2.26. The summed E-state index contributed by atoms with van der Waals surface area (Å²) in [6, 6.07) is 0. The van der Waals surface area contributed by atoms with E-state index in [4.69, 9.17) is 0 Å². The third-order valence-electron chi connectivity index (χ3n) is 1.46. The third kappa shape index (κ3) is 3.08. The van der Waals surface area contributed by atoms with Gasteiger partial charge in [-0.1, -0.05) is 45.7 Å². The van der Waals surface area contributed by atoms with Crippen molar-refractivity contribution in [3.05, 3.63) is 0 Å². The van der Waals surface area contributed by atoms with Gasteiger partial charge in [-0.25, -0.2) is 0 Å². The molecule has 0 saturated carbocycles. The Balaban J connectivity index is 3.29. The van der Waals surface area contributed by atoms with Gasteiger partial charge < -0.3 is 0 Å². The lowest BCUT2D eigenvalue weighted by Gasteiger charge is -2.12. The van der Waals surface area contributed by atoms with Crippen molar-refractivity contribution in [2.45, 2.75) is 13.8 Å². The van der Waals surface area contributed by atoms with Gasteiger partial charge in [0.05, 0.1) is 0 Å². The van der Waals surface area contributed by atoms with E-state index in [1.165, 1.54) is 0 Å². The van der Waals surface area contributed by atoms with Crippen LogP contribution in [0.5, 0.6) is 0 Å². The van der Waals surface area contributed by atoms with Crippen molar-refractivity contribution < 1.29 is 0 Å². The van der Waals surface area contributed by atoms with E-state index in [1.54, 1.807) is 0 Å². The van der Waals surface area contributed by atoms with Crippen LogP contribution in [0.15, 0.2) is 0 Å². The highest BCUT2D eigenvalue weighted by atomic mass is 79.9. The van der Waals surface area contributed by atoms with Gasteiger partial charge in [-0.15, -0.1) is 0 Å². The van der Waals surface area contributed by atoms with Gasteiger partial charge in [0.25, 0.3) is 0 Å². The van der Waals surface area contributed by atoms with Crippen molar-refractivity contribution in [1.29, 1.82) is 0 Å². The maximum Gasteiger partial charge on any atom is 0.00598 e. The van der Waals surface area contributed by atoms with E-state index < -0.39 is 0 Å². The SMILES string of the molecule is C[C@H](CBr)[C@H](C)CBr. The van der Waals surface area contributed by atoms with E-state index >= 15 is 0 Å². The van der Waals surface area contributed by atoms with Gasteiger partial charge in [-0.05, 0) is 11.8 Å². The molecule has 50 valence electrons. The van der Waals surface area contributed by atoms with Gasteiger partial charge in [-0.2, -0.15) is 0 Å². The van der Waals surface area contributed by atoms with E-state index in [0.29, 0.717) is 0 Å². The summed E-state index contributed by atoms with van der Waals surface area (Å²) >= 11 is 6.87. The summed E-state index contributed by atoms with van der Waals surface area (Å²) in [4.78, 5) is 0. The largest absolute Gasteiger partial charge is 0.0925 e. The van der Waals surface area contributed by atoms with Crippen molar-refractivity contribution in [2.24, 2.45) is 11.8 Å². The lowest BCUT2D eigenvalue weighted by Crippen LogP contribution is -2.09. The maximum absolute atomic E-state index is 3.44. The zero-order valence-corrected chi connectivity index (χ0v) is 8.50. The van der Waals surface area contributed by atoms with Crippen LogP contribution in [-0.4, -0.2) is 10.7 Å². The van der Waals surface area contributed by atoms with Gasteiger partial charge in [-0.3, -0.25) is 0 Å². The second-order valence-corrected chi connectivity index (χ2v) is 3.56. The van der Waals surface area contributed by atoms with E-state index in [-0.39, 0.29) is 0 Å². The summed E-state index contributed by atoms with van der Waals surface area (Å²) < 4.78 is 0. The van der Waals surface area contributed by atoms with Gasteiger partial charge in [0.15, 0.2) is 0 Å². The quantitative estimate of drug-likeness (QED) is 0.669. The third-order valence-corrected chi connectivity index (χ3v) is 3.50. The highest BCUT2D eigenvalue weighted by Gasteiger charge is 2.07. The predicted octanol–water partition coefficient (Wildman–Crippen LogP) is 3.05. The topological polar surface area (TPSA) is 0 Å². The molecule has 2 heteroatoms. The molecule has 0 aromatic carbocycles. The number of halogens is 2. The Morgan fingerprint density at radius 3 is 1.38 bits per heavy atom. The lowest BCUT2D eigenvalue weighted by molar-refractivity contribution is 0.477. The van der Waals surface area contributed by atoms with Crippen molar-refractivity contribution in [3.63, 3.8) is 0 Å². The van der Waals surface area contributed by atoms with Crippen LogP contribution >= 0.6 is 31.9 Å². The zero-order chi connectivity index (χ0) is 6.57. The molecule has 0 bridgehead atoms. The first-order valence-corrected chi connectivity index (χ1v) is 5.08. The van der Waals surface area contributed by atoms with Crippen LogP contribution in [0.3, 0.4) is 0 Å². The summed E-state index contributed by atoms with van der Waals surface area (Å²) in [6.45, 7) is 4.50. The van der Waals surface area contributed by atoms with Gasteiger partial charge in [0, 0.05) is 10.7 Å². The van der Waals surface area contributed by atoms with Crippen molar-refractivity contribution in [1.82, 2.24) is 0 Å². The van der Waals surface area contributed by atoms with E-state index in [9.17, 15) is 0 Å². The van der Waals surface area contributed by atoms with Crippen molar-refractivity contribution in [3.8, 4) is 0 Å². The molecule has 0 aliphatic heterocycles. The van der Waals surface area contributed by atoms with Crippen molar-refractivity contribution in [2.75, 3.05) is 10.7 Å². The summed E-state index contributed by atoms with van der Waals surface area (Å²) in [6.07, 6.45) is 0. The Hall–Kier alpha value is 0.960. The first-order chi connectivity index (χ1) is 3.72. The summed E-state index contributed by atoms with van der Waals surface area (Å²) in [5, 5.41) is 2.22. The standard InChI is InChI=1S/C6H12Br2/c1-5(3-7)6(2)4-8/h5-6H,3-4H2,1-2H3/t5-,6-/m1/s1. The fourth-order valence-electron chi connectivity index (χ4n) is 0.304. The Morgan fingerprint density at radius 2 is 1.25 bits per heavy atom. The summed E-state index contributed by atoms with van der Waals surface area (Å²) in [7, 11) is 0. The first-order valence-electron chi connectivity index (χ1n) is 2.84. The smallest absolute Gasteiger partial charge is 0.00598 e. The monoisotopic (exact) mass is 242 g/mol. The lowest BCUT2D eigenvalue weighted by atomic mass is 10.0. The molecule has 0 saturated heterocycles. The fraction of sp³-hybridized carbons (Fsp3) is 1.00. The summed E-state index contributed by atoms with van der Waals surface area (Å²) in [5.74, 6) is 1.57. The fourth-order valence-corrected chi connectivity index (χ4v) is 1.58. The molecule has 0 aromatic rings. The number of rotatable bonds is 3. The molecule has 8 heavy (non-hydrogen) atoms. The minimum atomic E-state index is 0.786. The Labute approximate surface area is 68.3 Å². The Bertz CT molecular complexity index is 46.5. The molecule has 0 spiro atoms. The van der Waals surface area contributed by atoms with E-state index in [2.05, 4.69) is 45.7 Å². The molecule has 0 amide bonds. The van der Waals surface area contributed by atoms with Gasteiger partial charge in [0.1, 0.15) is 0 Å². The molecule has 0 fully saturated rings. The molecule has 0 aliphatic rings. The molecule has 2 atom stereocenters. The van der Waals surface area contributed by atoms with Crippen LogP contribution in [0.25, 0.3) is 0 Å². The minimum Gasteiger partial charge on any atom is -0.0925 e. The molecule has 0 unspecified atom stereocenters.